The van der Waals surface area contributed by atoms with E-state index < -0.39 is 161 Å². The lowest BCUT2D eigenvalue weighted by molar-refractivity contribution is -0.345. The van der Waals surface area contributed by atoms with E-state index in [-0.39, 0.29) is 28.0 Å². The summed E-state index contributed by atoms with van der Waals surface area (Å²) in [6.07, 6.45) is -15.6. The van der Waals surface area contributed by atoms with Crippen molar-refractivity contribution in [1.29, 1.82) is 0 Å². The van der Waals surface area contributed by atoms with Crippen LogP contribution in [0.4, 0.5) is 0 Å². The molecule has 21 nitrogen and oxygen atoms in total. The quantitative estimate of drug-likeness (QED) is 0.0836. The van der Waals surface area contributed by atoms with E-state index in [1.165, 1.54) is 26.2 Å². The van der Waals surface area contributed by atoms with Crippen molar-refractivity contribution >= 4 is 23.4 Å². The number of fused-ring (bicyclic) bond motifs is 5. The highest BCUT2D eigenvalue weighted by Gasteiger charge is 2.52. The van der Waals surface area contributed by atoms with Gasteiger partial charge in [-0.1, -0.05) is 6.07 Å². The monoisotopic (exact) mass is 884 g/mol. The molecule has 3 unspecified atom stereocenters. The molecule has 2 fully saturated rings. The molecule has 12 atom stereocenters. The molecule has 340 valence electrons. The van der Waals surface area contributed by atoms with Gasteiger partial charge in [0, 0.05) is 28.3 Å². The molecule has 3 aromatic rings. The highest BCUT2D eigenvalue weighted by molar-refractivity contribution is 6.31. The summed E-state index contributed by atoms with van der Waals surface area (Å²) in [4.78, 5) is 56.0. The van der Waals surface area contributed by atoms with Crippen molar-refractivity contribution in [3.63, 3.8) is 0 Å². The molecule has 0 spiro atoms. The Kier molecular flexibility index (Phi) is 12.6. The first-order valence-corrected chi connectivity index (χ1v) is 19.7. The van der Waals surface area contributed by atoms with Crippen LogP contribution < -0.4 is 10.1 Å². The third-order valence-electron chi connectivity index (χ3n) is 11.9. The standard InChI is InChI=1S/C42H48N2O19/c1-13-7-19-26(33(52)23(13)39(56)43-20(11-45)40(57)59-6)25-17(10-18-27(34(25)53)30(49)16-8-15(58-5)9-21(46)24(16)29(18)48)31(50)37(19)62-42-36(55)38(28(44(3)4)14(2)61-42)63-41-35(54)32(51)22(47)12-60-41/h7-10,14,20,22,28,31-32,35-38,41-42,45-47,50-55H,11-12H2,1-6H3,(H,43,56)/t14-,20?,22-,28+,31?,32+,35-,36-,37?,38+,41+,42+/m1/s1. The summed E-state index contributed by atoms with van der Waals surface area (Å²) in [6.45, 7) is 1.69. The third-order valence-corrected chi connectivity index (χ3v) is 11.9. The molecule has 2 saturated heterocycles. The van der Waals surface area contributed by atoms with Crippen molar-refractivity contribution in [1.82, 2.24) is 10.2 Å². The molecule has 1 amide bonds. The second-order valence-electron chi connectivity index (χ2n) is 16.0. The second kappa shape index (κ2) is 17.3. The number of ether oxygens (including phenoxy) is 6. The second-order valence-corrected chi connectivity index (χ2v) is 16.0. The molecular weight excluding hydrogens is 836 g/mol. The van der Waals surface area contributed by atoms with Gasteiger partial charge in [-0.3, -0.25) is 14.4 Å². The predicted octanol–water partition coefficient (Wildman–Crippen LogP) is -1.21. The number of aromatic hydroxyl groups is 3. The minimum atomic E-state index is -1.91. The van der Waals surface area contributed by atoms with E-state index in [1.807, 2.05) is 0 Å². The van der Waals surface area contributed by atoms with Crippen molar-refractivity contribution in [2.24, 2.45) is 0 Å². The van der Waals surface area contributed by atoms with Gasteiger partial charge in [0.15, 0.2) is 30.2 Å². The molecule has 7 rings (SSSR count). The summed E-state index contributed by atoms with van der Waals surface area (Å²) < 4.78 is 33.9. The van der Waals surface area contributed by atoms with Gasteiger partial charge in [-0.05, 0) is 56.8 Å². The number of likely N-dealkylation sites (N-methyl/N-ethyl adjacent to an activating group) is 1. The topological polar surface area (TPSA) is 321 Å². The van der Waals surface area contributed by atoms with E-state index >= 15 is 0 Å². The van der Waals surface area contributed by atoms with Gasteiger partial charge < -0.3 is 84.6 Å². The Hall–Kier alpha value is -5.30. The maximum atomic E-state index is 14.2. The lowest BCUT2D eigenvalue weighted by atomic mass is 9.74. The Morgan fingerprint density at radius 2 is 1.49 bits per heavy atom. The lowest BCUT2D eigenvalue weighted by Gasteiger charge is -2.49. The van der Waals surface area contributed by atoms with Crippen LogP contribution in [0, 0.1) is 6.92 Å². The molecule has 0 saturated carbocycles. The number of methoxy groups -OCH3 is 2. The number of carbonyl (C=O) groups is 4. The molecule has 10 N–H and O–H groups in total. The SMILES string of the molecule is COC(=O)C(CO)NC(=O)c1c(C)cc2c(c1O)-c1c(cc3c(c1O)C(=O)c1cc(OC)cc(O)c1C3=O)C(O)C2O[C@@H]1O[C@H](C)[C@H](N(C)C)[C@H](O[C@@H]2OC[C@@H](O)[C@H](O)[C@H]2O)[C@H]1O. The van der Waals surface area contributed by atoms with Gasteiger partial charge in [-0.25, -0.2) is 4.79 Å². The maximum Gasteiger partial charge on any atom is 0.330 e. The number of ketones is 2. The van der Waals surface area contributed by atoms with E-state index in [0.29, 0.717) is 0 Å². The number of amides is 1. The van der Waals surface area contributed by atoms with Gasteiger partial charge in [-0.2, -0.15) is 0 Å². The van der Waals surface area contributed by atoms with Crippen LogP contribution in [-0.2, 0) is 28.5 Å². The predicted molar refractivity (Wildman–Crippen MR) is 211 cm³/mol. The Morgan fingerprint density at radius 1 is 0.841 bits per heavy atom. The first-order chi connectivity index (χ1) is 29.8. The van der Waals surface area contributed by atoms with Gasteiger partial charge in [0.05, 0.1) is 56.3 Å². The maximum absolute atomic E-state index is 14.2. The van der Waals surface area contributed by atoms with Crippen LogP contribution in [-0.4, -0.2) is 177 Å². The van der Waals surface area contributed by atoms with Gasteiger partial charge in [-0.15, -0.1) is 0 Å². The fourth-order valence-corrected chi connectivity index (χ4v) is 8.81. The Morgan fingerprint density at radius 3 is 2.13 bits per heavy atom. The van der Waals surface area contributed by atoms with Crippen molar-refractivity contribution in [2.75, 3.05) is 41.5 Å². The molecule has 2 aliphatic carbocycles. The summed E-state index contributed by atoms with van der Waals surface area (Å²) in [7, 11) is 5.60. The molecule has 2 heterocycles. The number of hydrogen-bond donors (Lipinski definition) is 10. The van der Waals surface area contributed by atoms with Crippen LogP contribution in [0.15, 0.2) is 24.3 Å². The van der Waals surface area contributed by atoms with Crippen LogP contribution in [0.1, 0.15) is 78.0 Å². The molecule has 2 aliphatic heterocycles. The number of nitrogens with one attached hydrogen (secondary N) is 1. The zero-order valence-electron chi connectivity index (χ0n) is 34.7. The van der Waals surface area contributed by atoms with Crippen LogP contribution in [0.2, 0.25) is 0 Å². The van der Waals surface area contributed by atoms with E-state index in [2.05, 4.69) is 10.1 Å². The molecule has 4 aliphatic rings. The number of phenols is 3. The molecule has 63 heavy (non-hydrogen) atoms. The zero-order valence-corrected chi connectivity index (χ0v) is 34.7. The number of benzene rings is 3. The summed E-state index contributed by atoms with van der Waals surface area (Å²) in [6, 6.07) is 2.31. The number of nitrogens with zero attached hydrogens (tertiary/aromatic N) is 1. The largest absolute Gasteiger partial charge is 0.507 e. The average molecular weight is 885 g/mol. The van der Waals surface area contributed by atoms with Crippen LogP contribution in [0.25, 0.3) is 11.1 Å². The van der Waals surface area contributed by atoms with Crippen LogP contribution in [0.5, 0.6) is 23.0 Å². The molecular formula is C42H48N2O19. The Balaban J connectivity index is 1.37. The van der Waals surface area contributed by atoms with Crippen LogP contribution >= 0.6 is 0 Å². The zero-order chi connectivity index (χ0) is 46.1. The average Bonchev–Trinajstić information content (AvgIpc) is 3.23. The van der Waals surface area contributed by atoms with Crippen molar-refractivity contribution in [3.05, 3.63) is 68.8 Å². The normalized spacial score (nSPS) is 29.3. The van der Waals surface area contributed by atoms with E-state index in [4.69, 9.17) is 23.7 Å². The highest BCUT2D eigenvalue weighted by Crippen LogP contribution is 2.57. The molecule has 3 aromatic carbocycles. The van der Waals surface area contributed by atoms with Crippen molar-refractivity contribution < 1.29 is 93.6 Å². The third kappa shape index (κ3) is 7.57. The smallest absolute Gasteiger partial charge is 0.330 e. The van der Waals surface area contributed by atoms with Gasteiger partial charge in [0.1, 0.15) is 65.7 Å². The Labute approximate surface area is 358 Å². The summed E-state index contributed by atoms with van der Waals surface area (Å²) in [5, 5.41) is 102. The molecule has 21 heteroatoms. The number of rotatable bonds is 10. The van der Waals surface area contributed by atoms with Gasteiger partial charge >= 0.3 is 5.97 Å². The van der Waals surface area contributed by atoms with Crippen LogP contribution in [0.3, 0.4) is 0 Å². The fraction of sp³-hybridized carbons (Fsp3) is 0.476. The lowest BCUT2D eigenvalue weighted by Crippen LogP contribution is -2.65. The van der Waals surface area contributed by atoms with Gasteiger partial charge in [0.2, 0.25) is 0 Å². The number of esters is 1. The van der Waals surface area contributed by atoms with E-state index in [0.717, 1.165) is 19.2 Å². The van der Waals surface area contributed by atoms with Crippen molar-refractivity contribution in [3.8, 4) is 34.1 Å². The Bertz CT molecular complexity index is 2350. The number of aliphatic hydroxyl groups excluding tert-OH is 6. The first-order valence-electron chi connectivity index (χ1n) is 19.7. The number of carbonyl (C=O) groups excluding carboxylic acids is 4. The number of aliphatic hydroxyl groups is 6. The minimum Gasteiger partial charge on any atom is -0.507 e. The summed E-state index contributed by atoms with van der Waals surface area (Å²) >= 11 is 0. The number of phenolic OH excluding ortho intramolecular Hbond substituents is 3. The first kappa shape index (κ1) is 45.7. The fourth-order valence-electron chi connectivity index (χ4n) is 8.81. The van der Waals surface area contributed by atoms with Crippen molar-refractivity contribution in [2.45, 2.75) is 87.3 Å². The molecule has 0 aromatic heterocycles. The van der Waals surface area contributed by atoms with Gasteiger partial charge in [0.25, 0.3) is 5.91 Å². The van der Waals surface area contributed by atoms with E-state index in [9.17, 15) is 65.1 Å². The number of aryl methyl sites for hydroxylation is 1. The summed E-state index contributed by atoms with van der Waals surface area (Å²) in [5.74, 6) is -6.37. The van der Waals surface area contributed by atoms with E-state index in [1.54, 1.807) is 25.9 Å². The molecule has 0 radical (unpaired) electrons. The summed E-state index contributed by atoms with van der Waals surface area (Å²) in [5.41, 5.74) is -3.52. The molecule has 0 bridgehead atoms. The minimum absolute atomic E-state index is 0.00583. The number of hydrogen-bond acceptors (Lipinski definition) is 20. The highest BCUT2D eigenvalue weighted by atomic mass is 16.7.